The smallest absolute Gasteiger partial charge is 0.245 e. The third kappa shape index (κ3) is 3.22. The zero-order valence-corrected chi connectivity index (χ0v) is 16.6. The molecule has 5 nitrogen and oxygen atoms in total. The van der Waals surface area contributed by atoms with E-state index in [9.17, 15) is 4.39 Å². The summed E-state index contributed by atoms with van der Waals surface area (Å²) in [6, 6.07) is 9.09. The molecule has 2 atom stereocenters. The fraction of sp³-hybridized carbons (Fsp3) is 0.348. The number of oxazole rings is 1. The first-order valence-electron chi connectivity index (χ1n) is 10.2. The summed E-state index contributed by atoms with van der Waals surface area (Å²) in [6.07, 6.45) is 7.87. The minimum absolute atomic E-state index is 0.260. The van der Waals surface area contributed by atoms with Crippen molar-refractivity contribution in [2.75, 3.05) is 0 Å². The Balaban J connectivity index is 1.73. The van der Waals surface area contributed by atoms with E-state index in [2.05, 4.69) is 21.5 Å². The minimum Gasteiger partial charge on any atom is -0.443 e. The molecule has 1 aliphatic carbocycles. The van der Waals surface area contributed by atoms with Crippen molar-refractivity contribution in [1.29, 1.82) is 0 Å². The summed E-state index contributed by atoms with van der Waals surface area (Å²) >= 11 is 0. The van der Waals surface area contributed by atoms with Gasteiger partial charge in [0.1, 0.15) is 29.1 Å². The third-order valence-corrected chi connectivity index (χ3v) is 5.80. The number of nitrogens with zero attached hydrogens (tertiary/aromatic N) is 4. The van der Waals surface area contributed by atoms with Gasteiger partial charge in [-0.1, -0.05) is 31.9 Å². The van der Waals surface area contributed by atoms with Gasteiger partial charge in [0, 0.05) is 6.04 Å². The lowest BCUT2D eigenvalue weighted by Crippen LogP contribution is -2.18. The summed E-state index contributed by atoms with van der Waals surface area (Å²) in [5.74, 6) is 1.53. The van der Waals surface area contributed by atoms with Crippen LogP contribution in [0.2, 0.25) is 0 Å². The molecule has 6 heteroatoms. The average molecular weight is 390 g/mol. The Labute approximate surface area is 168 Å². The van der Waals surface area contributed by atoms with Gasteiger partial charge in [0.2, 0.25) is 5.89 Å². The number of rotatable bonds is 3. The summed E-state index contributed by atoms with van der Waals surface area (Å²) in [4.78, 5) is 13.7. The maximum atomic E-state index is 14.7. The number of fused-ring (bicyclic) bond motifs is 1. The molecule has 148 valence electrons. The van der Waals surface area contributed by atoms with E-state index in [4.69, 9.17) is 9.40 Å². The van der Waals surface area contributed by atoms with E-state index in [0.29, 0.717) is 28.9 Å². The highest BCUT2D eigenvalue weighted by Crippen LogP contribution is 2.39. The van der Waals surface area contributed by atoms with E-state index in [1.54, 1.807) is 24.6 Å². The highest BCUT2D eigenvalue weighted by atomic mass is 19.1. The Hall–Kier alpha value is -3.02. The molecule has 5 rings (SSSR count). The topological polar surface area (TPSA) is 56.7 Å². The standard InChI is InChI=1S/C23H23FN4O/c1-14-6-5-7-16(10-14)28-21-11-19(23-26-15(2)13-29-23)25-12-20(21)27-22(28)17-8-3-4-9-18(17)24/h3-4,8-9,11-14,16H,5-7,10H2,1-2H3. The first kappa shape index (κ1) is 18.0. The Kier molecular flexibility index (Phi) is 4.42. The van der Waals surface area contributed by atoms with Crippen LogP contribution in [0.4, 0.5) is 4.39 Å². The molecule has 4 aromatic rings. The Morgan fingerprint density at radius 2 is 2.03 bits per heavy atom. The van der Waals surface area contributed by atoms with Crippen molar-refractivity contribution in [3.63, 3.8) is 0 Å². The molecule has 3 heterocycles. The van der Waals surface area contributed by atoms with Gasteiger partial charge in [-0.3, -0.25) is 0 Å². The number of aromatic nitrogens is 4. The zero-order chi connectivity index (χ0) is 20.0. The van der Waals surface area contributed by atoms with Crippen molar-refractivity contribution < 1.29 is 8.81 Å². The van der Waals surface area contributed by atoms with Gasteiger partial charge in [0.05, 0.1) is 23.0 Å². The lowest BCUT2D eigenvalue weighted by molar-refractivity contribution is 0.288. The molecule has 0 radical (unpaired) electrons. The van der Waals surface area contributed by atoms with Crippen molar-refractivity contribution in [1.82, 2.24) is 19.5 Å². The Morgan fingerprint density at radius 3 is 2.79 bits per heavy atom. The van der Waals surface area contributed by atoms with Crippen LogP contribution in [0.25, 0.3) is 34.0 Å². The predicted molar refractivity (Wildman–Crippen MR) is 110 cm³/mol. The van der Waals surface area contributed by atoms with E-state index in [-0.39, 0.29) is 11.9 Å². The number of hydrogen-bond donors (Lipinski definition) is 0. The number of hydrogen-bond acceptors (Lipinski definition) is 4. The average Bonchev–Trinajstić information content (AvgIpc) is 3.31. The monoisotopic (exact) mass is 390 g/mol. The Morgan fingerprint density at radius 1 is 1.17 bits per heavy atom. The summed E-state index contributed by atoms with van der Waals surface area (Å²) in [5, 5.41) is 0. The van der Waals surface area contributed by atoms with Crippen LogP contribution in [-0.4, -0.2) is 19.5 Å². The number of halogens is 1. The second kappa shape index (κ2) is 7.10. The molecule has 0 amide bonds. The molecule has 1 fully saturated rings. The molecule has 0 bridgehead atoms. The van der Waals surface area contributed by atoms with E-state index in [0.717, 1.165) is 29.6 Å². The van der Waals surface area contributed by atoms with Crippen LogP contribution < -0.4 is 0 Å². The molecule has 29 heavy (non-hydrogen) atoms. The van der Waals surface area contributed by atoms with Gasteiger partial charge < -0.3 is 8.98 Å². The molecular weight excluding hydrogens is 367 g/mol. The van der Waals surface area contributed by atoms with Gasteiger partial charge in [0.15, 0.2) is 0 Å². The highest BCUT2D eigenvalue weighted by molar-refractivity contribution is 5.83. The molecule has 3 aromatic heterocycles. The second-order valence-corrected chi connectivity index (χ2v) is 8.06. The maximum Gasteiger partial charge on any atom is 0.245 e. The zero-order valence-electron chi connectivity index (χ0n) is 16.6. The lowest BCUT2D eigenvalue weighted by atomic mass is 9.86. The first-order chi connectivity index (χ1) is 14.1. The van der Waals surface area contributed by atoms with E-state index in [1.165, 1.54) is 18.9 Å². The SMILES string of the molecule is Cc1coc(-c2cc3c(cn2)nc(-c2ccccc2F)n3C2CCCC(C)C2)n1. The molecule has 0 spiro atoms. The van der Waals surface area contributed by atoms with Gasteiger partial charge >= 0.3 is 0 Å². The molecule has 0 saturated heterocycles. The van der Waals surface area contributed by atoms with Gasteiger partial charge in [0.25, 0.3) is 0 Å². The van der Waals surface area contributed by atoms with Gasteiger partial charge in [-0.2, -0.15) is 0 Å². The molecule has 0 N–H and O–H groups in total. The largest absolute Gasteiger partial charge is 0.443 e. The van der Waals surface area contributed by atoms with Crippen LogP contribution in [0.15, 0.2) is 47.2 Å². The quantitative estimate of drug-likeness (QED) is 0.434. The second-order valence-electron chi connectivity index (χ2n) is 8.06. The van der Waals surface area contributed by atoms with Crippen molar-refractivity contribution in [2.24, 2.45) is 5.92 Å². The van der Waals surface area contributed by atoms with Crippen LogP contribution in [0.5, 0.6) is 0 Å². The molecule has 1 aromatic carbocycles. The number of aryl methyl sites for hydroxylation is 1. The van der Waals surface area contributed by atoms with Crippen molar-refractivity contribution >= 4 is 11.0 Å². The van der Waals surface area contributed by atoms with Crippen LogP contribution in [0.3, 0.4) is 0 Å². The predicted octanol–water partition coefficient (Wildman–Crippen LogP) is 5.95. The van der Waals surface area contributed by atoms with Crippen molar-refractivity contribution in [2.45, 2.75) is 45.6 Å². The van der Waals surface area contributed by atoms with Gasteiger partial charge in [-0.25, -0.2) is 19.3 Å². The third-order valence-electron chi connectivity index (χ3n) is 5.80. The number of pyridine rings is 1. The number of imidazole rings is 1. The summed E-state index contributed by atoms with van der Waals surface area (Å²) in [7, 11) is 0. The van der Waals surface area contributed by atoms with E-state index in [1.807, 2.05) is 19.1 Å². The van der Waals surface area contributed by atoms with Crippen LogP contribution in [0.1, 0.15) is 44.3 Å². The number of benzene rings is 1. The van der Waals surface area contributed by atoms with E-state index < -0.39 is 0 Å². The Bertz CT molecular complexity index is 1180. The maximum absolute atomic E-state index is 14.7. The van der Waals surface area contributed by atoms with Crippen LogP contribution >= 0.6 is 0 Å². The van der Waals surface area contributed by atoms with Gasteiger partial charge in [-0.05, 0) is 43.9 Å². The highest BCUT2D eigenvalue weighted by Gasteiger charge is 2.26. The van der Waals surface area contributed by atoms with E-state index >= 15 is 0 Å². The first-order valence-corrected chi connectivity index (χ1v) is 10.2. The van der Waals surface area contributed by atoms with Crippen molar-refractivity contribution in [3.05, 3.63) is 54.3 Å². The lowest BCUT2D eigenvalue weighted by Gasteiger charge is -2.29. The molecular formula is C23H23FN4O. The molecule has 2 unspecified atom stereocenters. The molecule has 1 saturated carbocycles. The van der Waals surface area contributed by atoms with Crippen LogP contribution in [-0.2, 0) is 0 Å². The fourth-order valence-corrected chi connectivity index (χ4v) is 4.43. The summed E-state index contributed by atoms with van der Waals surface area (Å²) in [5.41, 5.74) is 3.70. The van der Waals surface area contributed by atoms with Gasteiger partial charge in [-0.15, -0.1) is 0 Å². The minimum atomic E-state index is -0.260. The normalized spacial score (nSPS) is 19.7. The summed E-state index contributed by atoms with van der Waals surface area (Å²) in [6.45, 7) is 4.17. The fourth-order valence-electron chi connectivity index (χ4n) is 4.43. The van der Waals surface area contributed by atoms with Crippen molar-refractivity contribution in [3.8, 4) is 23.0 Å². The molecule has 1 aliphatic rings. The van der Waals surface area contributed by atoms with Crippen LogP contribution in [0, 0.1) is 18.7 Å². The summed E-state index contributed by atoms with van der Waals surface area (Å²) < 4.78 is 22.4. The molecule has 0 aliphatic heterocycles.